The van der Waals surface area contributed by atoms with E-state index in [1.165, 1.54) is 62.7 Å². The molecule has 0 aromatic heterocycles. The van der Waals surface area contributed by atoms with E-state index in [9.17, 15) is 0 Å². The maximum absolute atomic E-state index is 4.44. The topological polar surface area (TPSA) is 39.7 Å². The molecule has 26 heavy (non-hydrogen) atoms. The minimum Gasteiger partial charge on any atom is -0.356 e. The van der Waals surface area contributed by atoms with E-state index in [2.05, 4.69) is 58.6 Å². The Bertz CT molecular complexity index is 584. The van der Waals surface area contributed by atoms with Crippen molar-refractivity contribution in [3.8, 4) is 0 Å². The van der Waals surface area contributed by atoms with Gasteiger partial charge in [-0.1, -0.05) is 49.6 Å². The van der Waals surface area contributed by atoms with Crippen LogP contribution < -0.4 is 10.6 Å². The minimum absolute atomic E-state index is 0.470. The Balaban J connectivity index is 1.42. The highest BCUT2D eigenvalue weighted by Crippen LogP contribution is 2.26. The van der Waals surface area contributed by atoms with Crippen LogP contribution in [0.4, 0.5) is 0 Å². The number of guanidine groups is 1. The summed E-state index contributed by atoms with van der Waals surface area (Å²) < 4.78 is 0. The van der Waals surface area contributed by atoms with Crippen LogP contribution in [0.15, 0.2) is 29.3 Å². The monoisotopic (exact) mass is 356 g/mol. The molecule has 1 atom stereocenters. The Morgan fingerprint density at radius 1 is 1.19 bits per heavy atom. The summed E-state index contributed by atoms with van der Waals surface area (Å²) in [6, 6.07) is 10.2. The average molecular weight is 357 g/mol. The summed E-state index contributed by atoms with van der Waals surface area (Å²) in [6.07, 6.45) is 8.14. The van der Waals surface area contributed by atoms with Gasteiger partial charge in [0.05, 0.1) is 0 Å². The molecule has 4 nitrogen and oxygen atoms in total. The first-order valence-electron chi connectivity index (χ1n) is 10.4. The fourth-order valence-electron chi connectivity index (χ4n) is 4.41. The van der Waals surface area contributed by atoms with Gasteiger partial charge in [0.1, 0.15) is 0 Å². The van der Waals surface area contributed by atoms with Crippen molar-refractivity contribution in [1.29, 1.82) is 0 Å². The number of hydrogen-bond donors (Lipinski definition) is 2. The minimum atomic E-state index is 0.470. The highest BCUT2D eigenvalue weighted by molar-refractivity contribution is 5.80. The van der Waals surface area contributed by atoms with Gasteiger partial charge in [-0.15, -0.1) is 0 Å². The average Bonchev–Trinajstić information content (AvgIpc) is 3.20. The molecule has 1 aromatic carbocycles. The smallest absolute Gasteiger partial charge is 0.191 e. The van der Waals surface area contributed by atoms with E-state index in [0.29, 0.717) is 12.0 Å². The summed E-state index contributed by atoms with van der Waals surface area (Å²) in [5, 5.41) is 7.17. The fourth-order valence-corrected chi connectivity index (χ4v) is 4.41. The Hall–Kier alpha value is -1.55. The molecule has 2 N–H and O–H groups in total. The molecular weight excluding hydrogens is 320 g/mol. The second-order valence-corrected chi connectivity index (χ2v) is 8.16. The molecule has 1 aliphatic heterocycles. The van der Waals surface area contributed by atoms with Crippen molar-refractivity contribution in [2.24, 2.45) is 4.99 Å². The molecule has 144 valence electrons. The Labute approximate surface area is 159 Å². The Morgan fingerprint density at radius 2 is 1.92 bits per heavy atom. The van der Waals surface area contributed by atoms with Gasteiger partial charge < -0.3 is 15.5 Å². The van der Waals surface area contributed by atoms with Crippen molar-refractivity contribution >= 4 is 5.96 Å². The largest absolute Gasteiger partial charge is 0.356 e. The second-order valence-electron chi connectivity index (χ2n) is 8.16. The van der Waals surface area contributed by atoms with E-state index >= 15 is 0 Å². The number of benzene rings is 1. The van der Waals surface area contributed by atoms with Crippen LogP contribution in [0.5, 0.6) is 0 Å². The number of likely N-dealkylation sites (tertiary alicyclic amines) is 1. The summed E-state index contributed by atoms with van der Waals surface area (Å²) in [5.41, 5.74) is 2.71. The molecule has 2 fully saturated rings. The fraction of sp³-hybridized carbons (Fsp3) is 0.682. The van der Waals surface area contributed by atoms with Crippen molar-refractivity contribution in [3.05, 3.63) is 35.4 Å². The standard InChI is InChI=1S/C22H36N4/c1-17-7-6-8-19(15-17)18(2)16-24-22(23-3)25-20-11-13-26(14-12-20)21-9-4-5-10-21/h6-8,15,18,20-21H,4-5,9-14,16H2,1-3H3,(H2,23,24,25). The van der Waals surface area contributed by atoms with E-state index < -0.39 is 0 Å². The first-order chi connectivity index (χ1) is 12.7. The highest BCUT2D eigenvalue weighted by atomic mass is 15.2. The molecular formula is C22H36N4. The first kappa shape index (κ1) is 19.2. The zero-order valence-electron chi connectivity index (χ0n) is 16.8. The SMILES string of the molecule is CN=C(NCC(C)c1cccc(C)c1)NC1CCN(C2CCCC2)CC1. The predicted octanol–water partition coefficient (Wildman–Crippen LogP) is 3.67. The van der Waals surface area contributed by atoms with Gasteiger partial charge in [-0.05, 0) is 44.1 Å². The molecule has 1 unspecified atom stereocenters. The van der Waals surface area contributed by atoms with Gasteiger partial charge in [0, 0.05) is 38.8 Å². The lowest BCUT2D eigenvalue weighted by molar-refractivity contribution is 0.150. The van der Waals surface area contributed by atoms with Crippen LogP contribution in [-0.4, -0.2) is 49.6 Å². The summed E-state index contributed by atoms with van der Waals surface area (Å²) in [7, 11) is 1.88. The number of rotatable bonds is 5. The van der Waals surface area contributed by atoms with Crippen LogP contribution >= 0.6 is 0 Å². The quantitative estimate of drug-likeness (QED) is 0.625. The van der Waals surface area contributed by atoms with Gasteiger partial charge in [-0.2, -0.15) is 0 Å². The van der Waals surface area contributed by atoms with Gasteiger partial charge in [-0.3, -0.25) is 4.99 Å². The van der Waals surface area contributed by atoms with E-state index in [0.717, 1.165) is 18.5 Å². The predicted molar refractivity (Wildman–Crippen MR) is 111 cm³/mol. The van der Waals surface area contributed by atoms with Gasteiger partial charge in [0.15, 0.2) is 5.96 Å². The van der Waals surface area contributed by atoms with E-state index in [4.69, 9.17) is 0 Å². The zero-order chi connectivity index (χ0) is 18.4. The van der Waals surface area contributed by atoms with E-state index in [1.54, 1.807) is 0 Å². The van der Waals surface area contributed by atoms with Gasteiger partial charge in [0.2, 0.25) is 0 Å². The lowest BCUT2D eigenvalue weighted by atomic mass is 9.99. The number of aliphatic imine (C=N–C) groups is 1. The molecule has 4 heteroatoms. The molecule has 3 rings (SSSR count). The van der Waals surface area contributed by atoms with Crippen LogP contribution in [-0.2, 0) is 0 Å². The molecule has 0 radical (unpaired) electrons. The maximum Gasteiger partial charge on any atom is 0.191 e. The van der Waals surface area contributed by atoms with Crippen molar-refractivity contribution in [1.82, 2.24) is 15.5 Å². The Kier molecular flexibility index (Phi) is 6.95. The van der Waals surface area contributed by atoms with Crippen molar-refractivity contribution in [2.75, 3.05) is 26.7 Å². The van der Waals surface area contributed by atoms with Crippen molar-refractivity contribution in [2.45, 2.75) is 70.4 Å². The summed E-state index contributed by atoms with van der Waals surface area (Å²) in [4.78, 5) is 7.17. The molecule has 1 saturated heterocycles. The lowest BCUT2D eigenvalue weighted by Crippen LogP contribution is -2.50. The third-order valence-corrected chi connectivity index (χ3v) is 6.12. The molecule has 0 amide bonds. The molecule has 1 aromatic rings. The van der Waals surface area contributed by atoms with Crippen LogP contribution in [0.1, 0.15) is 62.5 Å². The number of piperidine rings is 1. The van der Waals surface area contributed by atoms with Gasteiger partial charge in [0.25, 0.3) is 0 Å². The zero-order valence-corrected chi connectivity index (χ0v) is 16.8. The van der Waals surface area contributed by atoms with Crippen LogP contribution in [0.3, 0.4) is 0 Å². The van der Waals surface area contributed by atoms with Crippen LogP contribution in [0.25, 0.3) is 0 Å². The van der Waals surface area contributed by atoms with Crippen molar-refractivity contribution < 1.29 is 0 Å². The van der Waals surface area contributed by atoms with Gasteiger partial charge in [-0.25, -0.2) is 0 Å². The molecule has 2 aliphatic rings. The molecule has 1 saturated carbocycles. The molecule has 1 aliphatic carbocycles. The van der Waals surface area contributed by atoms with Crippen molar-refractivity contribution in [3.63, 3.8) is 0 Å². The third kappa shape index (κ3) is 5.23. The first-order valence-corrected chi connectivity index (χ1v) is 10.4. The van der Waals surface area contributed by atoms with Gasteiger partial charge >= 0.3 is 0 Å². The summed E-state index contributed by atoms with van der Waals surface area (Å²) in [5.74, 6) is 1.42. The van der Waals surface area contributed by atoms with E-state index in [1.807, 2.05) is 7.05 Å². The maximum atomic E-state index is 4.44. The lowest BCUT2D eigenvalue weighted by Gasteiger charge is -2.36. The second kappa shape index (κ2) is 9.40. The number of nitrogens with zero attached hydrogens (tertiary/aromatic N) is 2. The Morgan fingerprint density at radius 3 is 2.58 bits per heavy atom. The number of nitrogens with one attached hydrogen (secondary N) is 2. The number of aryl methyl sites for hydroxylation is 1. The summed E-state index contributed by atoms with van der Waals surface area (Å²) in [6.45, 7) is 7.80. The molecule has 0 spiro atoms. The van der Waals surface area contributed by atoms with Crippen LogP contribution in [0.2, 0.25) is 0 Å². The molecule has 1 heterocycles. The number of hydrogen-bond acceptors (Lipinski definition) is 2. The molecule has 0 bridgehead atoms. The van der Waals surface area contributed by atoms with E-state index in [-0.39, 0.29) is 0 Å². The highest BCUT2D eigenvalue weighted by Gasteiger charge is 2.27. The van der Waals surface area contributed by atoms with Crippen LogP contribution in [0, 0.1) is 6.92 Å². The summed E-state index contributed by atoms with van der Waals surface area (Å²) >= 11 is 0. The normalized spacial score (nSPS) is 21.7. The third-order valence-electron chi connectivity index (χ3n) is 6.12.